The van der Waals surface area contributed by atoms with Crippen molar-refractivity contribution in [2.45, 2.75) is 37.5 Å². The lowest BCUT2D eigenvalue weighted by molar-refractivity contribution is -0.118. The number of benzene rings is 2. The Labute approximate surface area is 188 Å². The zero-order valence-electron chi connectivity index (χ0n) is 18.1. The largest absolute Gasteiger partial charge is 0.309 e. The van der Waals surface area contributed by atoms with E-state index in [9.17, 15) is 4.79 Å². The second-order valence-corrected chi connectivity index (χ2v) is 9.76. The van der Waals surface area contributed by atoms with Gasteiger partial charge in [0.1, 0.15) is 0 Å². The van der Waals surface area contributed by atoms with E-state index >= 15 is 0 Å². The van der Waals surface area contributed by atoms with Crippen LogP contribution < -0.4 is 4.90 Å². The molecule has 2 aromatic carbocycles. The van der Waals surface area contributed by atoms with Crippen LogP contribution in [0.4, 0.5) is 5.13 Å². The summed E-state index contributed by atoms with van der Waals surface area (Å²) < 4.78 is 1.16. The van der Waals surface area contributed by atoms with Gasteiger partial charge < -0.3 is 4.90 Å². The van der Waals surface area contributed by atoms with Crippen LogP contribution in [0.3, 0.4) is 0 Å². The Balaban J connectivity index is 1.67. The minimum absolute atomic E-state index is 0.180. The number of aromatic nitrogens is 1. The lowest BCUT2D eigenvalue weighted by Crippen LogP contribution is -2.33. The molecule has 0 aliphatic rings. The molecule has 0 aliphatic carbocycles. The molecule has 0 N–H and O–H groups in total. The van der Waals surface area contributed by atoms with Gasteiger partial charge in [-0.05, 0) is 69.4 Å². The maximum absolute atomic E-state index is 13.1. The van der Waals surface area contributed by atoms with Crippen molar-refractivity contribution >= 4 is 44.4 Å². The molecule has 160 valence electrons. The van der Waals surface area contributed by atoms with Crippen molar-refractivity contribution < 1.29 is 4.79 Å². The molecular weight excluding hydrogens is 410 g/mol. The van der Waals surface area contributed by atoms with Gasteiger partial charge in [-0.3, -0.25) is 9.69 Å². The molecule has 0 aliphatic heterocycles. The first kappa shape index (κ1) is 22.8. The summed E-state index contributed by atoms with van der Waals surface area (Å²) in [7, 11) is 4.14. The van der Waals surface area contributed by atoms with E-state index in [0.717, 1.165) is 46.9 Å². The number of hydrogen-bond donors (Lipinski definition) is 0. The summed E-state index contributed by atoms with van der Waals surface area (Å²) in [4.78, 5) is 23.3. The number of amides is 1. The molecule has 4 nitrogen and oxygen atoms in total. The van der Waals surface area contributed by atoms with E-state index in [0.29, 0.717) is 13.0 Å². The molecule has 0 radical (unpaired) electrons. The first-order valence-electron chi connectivity index (χ1n) is 10.6. The summed E-state index contributed by atoms with van der Waals surface area (Å²) in [5.74, 6) is 1.13. The lowest BCUT2D eigenvalue weighted by atomic mass is 10.1. The minimum atomic E-state index is 0.180. The van der Waals surface area contributed by atoms with Crippen LogP contribution in [-0.2, 0) is 11.2 Å². The van der Waals surface area contributed by atoms with Gasteiger partial charge in [0.15, 0.2) is 5.13 Å². The van der Waals surface area contributed by atoms with E-state index in [2.05, 4.69) is 68.4 Å². The summed E-state index contributed by atoms with van der Waals surface area (Å²) in [5, 5.41) is 0.838. The van der Waals surface area contributed by atoms with Gasteiger partial charge >= 0.3 is 0 Å². The van der Waals surface area contributed by atoms with Crippen LogP contribution in [-0.4, -0.2) is 48.7 Å². The van der Waals surface area contributed by atoms with Gasteiger partial charge in [0.2, 0.25) is 5.91 Å². The quantitative estimate of drug-likeness (QED) is 0.282. The average molecular weight is 442 g/mol. The number of aryl methyl sites for hydroxylation is 1. The van der Waals surface area contributed by atoms with Gasteiger partial charge in [-0.15, -0.1) is 11.8 Å². The Morgan fingerprint density at radius 3 is 2.57 bits per heavy atom. The van der Waals surface area contributed by atoms with E-state index in [-0.39, 0.29) is 5.91 Å². The molecule has 1 heterocycles. The molecule has 1 amide bonds. The molecule has 1 aromatic heterocycles. The van der Waals surface area contributed by atoms with E-state index in [1.807, 2.05) is 22.7 Å². The molecule has 30 heavy (non-hydrogen) atoms. The SMILES string of the molecule is CCc1cccc2sc(N(CCCN(C)C)C(=O)CCCSc3ccccc3)nc12. The standard InChI is InChI=1S/C24H31N3OS2/c1-4-19-11-8-14-21-23(19)25-24(30-21)27(17-10-16-26(2)3)22(28)15-9-18-29-20-12-6-5-7-13-20/h5-8,11-14H,4,9-10,15-18H2,1-3H3. The third kappa shape index (κ3) is 6.30. The van der Waals surface area contributed by atoms with E-state index in [1.54, 1.807) is 11.3 Å². The second kappa shape index (κ2) is 11.5. The van der Waals surface area contributed by atoms with Crippen molar-refractivity contribution in [3.8, 4) is 0 Å². The van der Waals surface area contributed by atoms with E-state index in [4.69, 9.17) is 4.98 Å². The van der Waals surface area contributed by atoms with Crippen LogP contribution in [0.5, 0.6) is 0 Å². The highest BCUT2D eigenvalue weighted by molar-refractivity contribution is 7.99. The maximum Gasteiger partial charge on any atom is 0.228 e. The van der Waals surface area contributed by atoms with Crippen molar-refractivity contribution in [3.05, 3.63) is 54.1 Å². The van der Waals surface area contributed by atoms with Gasteiger partial charge in [0.25, 0.3) is 0 Å². The third-order valence-corrected chi connectivity index (χ3v) is 7.08. The number of rotatable bonds is 11. The average Bonchev–Trinajstić information content (AvgIpc) is 3.18. The zero-order chi connectivity index (χ0) is 21.3. The number of carbonyl (C=O) groups is 1. The number of para-hydroxylation sites is 1. The Morgan fingerprint density at radius 2 is 1.83 bits per heavy atom. The lowest BCUT2D eigenvalue weighted by Gasteiger charge is -2.21. The van der Waals surface area contributed by atoms with Crippen LogP contribution in [0.25, 0.3) is 10.2 Å². The highest BCUT2D eigenvalue weighted by atomic mass is 32.2. The third-order valence-electron chi connectivity index (χ3n) is 4.94. The molecule has 0 saturated heterocycles. The maximum atomic E-state index is 13.1. The van der Waals surface area contributed by atoms with Gasteiger partial charge in [0.05, 0.1) is 10.2 Å². The Bertz CT molecular complexity index is 940. The topological polar surface area (TPSA) is 36.4 Å². The summed E-state index contributed by atoms with van der Waals surface area (Å²) >= 11 is 3.44. The normalized spacial score (nSPS) is 11.3. The van der Waals surface area contributed by atoms with Crippen molar-refractivity contribution in [2.24, 2.45) is 0 Å². The number of nitrogens with zero attached hydrogens (tertiary/aromatic N) is 3. The Morgan fingerprint density at radius 1 is 1.03 bits per heavy atom. The summed E-state index contributed by atoms with van der Waals surface area (Å²) in [6.07, 6.45) is 3.31. The van der Waals surface area contributed by atoms with E-state index in [1.165, 1.54) is 10.5 Å². The number of anilines is 1. The summed E-state index contributed by atoms with van der Waals surface area (Å²) in [6, 6.07) is 16.7. The molecular formula is C24H31N3OS2. The van der Waals surface area contributed by atoms with Gasteiger partial charge in [-0.1, -0.05) is 48.6 Å². The van der Waals surface area contributed by atoms with E-state index < -0.39 is 0 Å². The second-order valence-electron chi connectivity index (χ2n) is 7.58. The number of thiazole rings is 1. The van der Waals surface area contributed by atoms with Gasteiger partial charge in [-0.2, -0.15) is 0 Å². The summed E-state index contributed by atoms with van der Waals surface area (Å²) in [6.45, 7) is 3.82. The number of hydrogen-bond acceptors (Lipinski definition) is 5. The fourth-order valence-corrected chi connectivity index (χ4v) is 5.26. The number of thioether (sulfide) groups is 1. The van der Waals surface area contributed by atoms with Crippen LogP contribution >= 0.6 is 23.1 Å². The van der Waals surface area contributed by atoms with Gasteiger partial charge in [-0.25, -0.2) is 4.98 Å². The van der Waals surface area contributed by atoms with Crippen LogP contribution in [0.1, 0.15) is 31.7 Å². The molecule has 0 fully saturated rings. The first-order chi connectivity index (χ1) is 14.6. The molecule has 0 unspecified atom stereocenters. The molecule has 0 atom stereocenters. The highest BCUT2D eigenvalue weighted by Gasteiger charge is 2.20. The van der Waals surface area contributed by atoms with Crippen LogP contribution in [0, 0.1) is 0 Å². The number of fused-ring (bicyclic) bond motifs is 1. The molecule has 3 aromatic rings. The van der Waals surface area contributed by atoms with Crippen molar-refractivity contribution in [3.63, 3.8) is 0 Å². The minimum Gasteiger partial charge on any atom is -0.309 e. The van der Waals surface area contributed by atoms with Crippen molar-refractivity contribution in [1.82, 2.24) is 9.88 Å². The fraction of sp³-hybridized carbons (Fsp3) is 0.417. The predicted octanol–water partition coefficient (Wildman–Crippen LogP) is 5.72. The Kier molecular flexibility index (Phi) is 8.73. The van der Waals surface area contributed by atoms with Crippen molar-refractivity contribution in [2.75, 3.05) is 37.8 Å². The van der Waals surface area contributed by atoms with Gasteiger partial charge in [0, 0.05) is 17.9 Å². The molecule has 3 rings (SSSR count). The predicted molar refractivity (Wildman–Crippen MR) is 131 cm³/mol. The highest BCUT2D eigenvalue weighted by Crippen LogP contribution is 2.32. The summed E-state index contributed by atoms with van der Waals surface area (Å²) in [5.41, 5.74) is 2.29. The first-order valence-corrected chi connectivity index (χ1v) is 12.4. The van der Waals surface area contributed by atoms with Crippen LogP contribution in [0.2, 0.25) is 0 Å². The fourth-order valence-electron chi connectivity index (χ4n) is 3.33. The smallest absolute Gasteiger partial charge is 0.228 e. The molecule has 0 saturated carbocycles. The van der Waals surface area contributed by atoms with Crippen molar-refractivity contribution in [1.29, 1.82) is 0 Å². The Hall–Kier alpha value is -1.89. The van der Waals surface area contributed by atoms with Crippen LogP contribution in [0.15, 0.2) is 53.4 Å². The zero-order valence-corrected chi connectivity index (χ0v) is 19.8. The monoisotopic (exact) mass is 441 g/mol. The molecule has 0 spiro atoms. The molecule has 6 heteroatoms. The number of carbonyl (C=O) groups excluding carboxylic acids is 1. The molecule has 0 bridgehead atoms.